The summed E-state index contributed by atoms with van der Waals surface area (Å²) < 4.78 is 11.6. The van der Waals surface area contributed by atoms with Gasteiger partial charge in [-0.05, 0) is 57.8 Å². The maximum atomic E-state index is 9.63. The molecule has 154 valence electrons. The first-order chi connectivity index (χ1) is 15.7. The SMILES string of the molecule is COc1cc(/C=C(/C#N)c2cccc(C#N)c2)ccc1OCc1cccc2ccccc12. The molecule has 0 amide bonds. The van der Waals surface area contributed by atoms with Crippen LogP contribution in [0.1, 0.15) is 22.3 Å². The fourth-order valence-electron chi connectivity index (χ4n) is 3.57. The second-order valence-corrected chi connectivity index (χ2v) is 7.20. The van der Waals surface area contributed by atoms with Crippen LogP contribution in [0.25, 0.3) is 22.4 Å². The molecule has 0 aliphatic carbocycles. The molecule has 0 saturated carbocycles. The molecular weight excluding hydrogens is 396 g/mol. The smallest absolute Gasteiger partial charge is 0.161 e. The summed E-state index contributed by atoms with van der Waals surface area (Å²) in [5.74, 6) is 1.21. The number of methoxy groups -OCH3 is 1. The van der Waals surface area contributed by atoms with Crippen LogP contribution in [0.15, 0.2) is 84.9 Å². The summed E-state index contributed by atoms with van der Waals surface area (Å²) in [7, 11) is 1.59. The quantitative estimate of drug-likeness (QED) is 0.271. The van der Waals surface area contributed by atoms with Gasteiger partial charge in [-0.2, -0.15) is 10.5 Å². The van der Waals surface area contributed by atoms with Gasteiger partial charge in [0.1, 0.15) is 6.61 Å². The number of allylic oxidation sites excluding steroid dienone is 1. The Bertz CT molecular complexity index is 1390. The Morgan fingerprint density at radius 3 is 2.50 bits per heavy atom. The first kappa shape index (κ1) is 20.7. The summed E-state index contributed by atoms with van der Waals surface area (Å²) in [6.07, 6.45) is 1.77. The van der Waals surface area contributed by atoms with E-state index >= 15 is 0 Å². The van der Waals surface area contributed by atoms with Crippen molar-refractivity contribution in [3.05, 3.63) is 107 Å². The van der Waals surface area contributed by atoms with Crippen molar-refractivity contribution in [2.45, 2.75) is 6.61 Å². The van der Waals surface area contributed by atoms with Crippen molar-refractivity contribution in [1.29, 1.82) is 10.5 Å². The Hall–Kier alpha value is -4.54. The van der Waals surface area contributed by atoms with Gasteiger partial charge < -0.3 is 9.47 Å². The number of ether oxygens (including phenoxy) is 2. The Labute approximate surface area is 187 Å². The van der Waals surface area contributed by atoms with Crippen molar-refractivity contribution in [2.24, 2.45) is 0 Å². The molecule has 0 spiro atoms. The summed E-state index contributed by atoms with van der Waals surface area (Å²) in [5.41, 5.74) is 3.57. The largest absolute Gasteiger partial charge is 0.493 e. The molecular formula is C28H20N2O2. The number of hydrogen-bond donors (Lipinski definition) is 0. The van der Waals surface area contributed by atoms with Gasteiger partial charge in [0.05, 0.1) is 30.4 Å². The average molecular weight is 416 g/mol. The summed E-state index contributed by atoms with van der Waals surface area (Å²) in [5, 5.41) is 21.1. The molecule has 4 aromatic carbocycles. The van der Waals surface area contributed by atoms with Gasteiger partial charge in [-0.15, -0.1) is 0 Å². The van der Waals surface area contributed by atoms with E-state index < -0.39 is 0 Å². The van der Waals surface area contributed by atoms with Gasteiger partial charge >= 0.3 is 0 Å². The maximum Gasteiger partial charge on any atom is 0.161 e. The first-order valence-electron chi connectivity index (χ1n) is 10.1. The maximum absolute atomic E-state index is 9.63. The highest BCUT2D eigenvalue weighted by molar-refractivity contribution is 5.90. The van der Waals surface area contributed by atoms with Gasteiger partial charge in [0.2, 0.25) is 0 Å². The molecule has 0 fully saturated rings. The highest BCUT2D eigenvalue weighted by atomic mass is 16.5. The minimum absolute atomic E-state index is 0.414. The number of fused-ring (bicyclic) bond motifs is 1. The van der Waals surface area contributed by atoms with Crippen molar-refractivity contribution in [1.82, 2.24) is 0 Å². The van der Waals surface area contributed by atoms with Gasteiger partial charge in [-0.3, -0.25) is 0 Å². The van der Waals surface area contributed by atoms with Gasteiger partial charge in [0.15, 0.2) is 11.5 Å². The lowest BCUT2D eigenvalue weighted by Gasteiger charge is -2.13. The lowest BCUT2D eigenvalue weighted by molar-refractivity contribution is 0.285. The van der Waals surface area contributed by atoms with Crippen LogP contribution >= 0.6 is 0 Å². The molecule has 0 aromatic heterocycles. The van der Waals surface area contributed by atoms with Crippen LogP contribution in [0.3, 0.4) is 0 Å². The van der Waals surface area contributed by atoms with Crippen molar-refractivity contribution in [3.8, 4) is 23.6 Å². The van der Waals surface area contributed by atoms with Gasteiger partial charge in [0, 0.05) is 0 Å². The Balaban J connectivity index is 1.59. The normalized spacial score (nSPS) is 10.9. The summed E-state index contributed by atoms with van der Waals surface area (Å²) >= 11 is 0. The number of nitrogens with zero attached hydrogens (tertiary/aromatic N) is 2. The molecule has 0 N–H and O–H groups in total. The third-order valence-corrected chi connectivity index (χ3v) is 5.18. The predicted molar refractivity (Wildman–Crippen MR) is 126 cm³/mol. The number of nitriles is 2. The van der Waals surface area contributed by atoms with Crippen LogP contribution in [0, 0.1) is 22.7 Å². The second-order valence-electron chi connectivity index (χ2n) is 7.20. The minimum atomic E-state index is 0.414. The van der Waals surface area contributed by atoms with E-state index in [0.717, 1.165) is 16.5 Å². The van der Waals surface area contributed by atoms with Crippen LogP contribution < -0.4 is 9.47 Å². The lowest BCUT2D eigenvalue weighted by atomic mass is 10.0. The molecule has 0 aliphatic heterocycles. The van der Waals surface area contributed by atoms with E-state index in [1.165, 1.54) is 5.39 Å². The van der Waals surface area contributed by atoms with E-state index in [4.69, 9.17) is 14.7 Å². The van der Waals surface area contributed by atoms with Crippen LogP contribution in [0.2, 0.25) is 0 Å². The Morgan fingerprint density at radius 1 is 0.875 bits per heavy atom. The standard InChI is InChI=1S/C28H20N2O2/c1-31-28-16-20(14-25(18-30)23-9-4-6-21(15-23)17-29)12-13-27(28)32-19-24-10-5-8-22-7-2-3-11-26(22)24/h2-16H,19H2,1H3/b25-14-. The zero-order valence-electron chi connectivity index (χ0n) is 17.6. The fourth-order valence-corrected chi connectivity index (χ4v) is 3.57. The highest BCUT2D eigenvalue weighted by Crippen LogP contribution is 2.31. The molecule has 0 radical (unpaired) electrons. The van der Waals surface area contributed by atoms with Crippen LogP contribution in [-0.4, -0.2) is 7.11 Å². The predicted octanol–water partition coefficient (Wildman–Crippen LogP) is 6.36. The zero-order chi connectivity index (χ0) is 22.3. The monoisotopic (exact) mass is 416 g/mol. The Morgan fingerprint density at radius 2 is 1.69 bits per heavy atom. The fraction of sp³-hybridized carbons (Fsp3) is 0.0714. The third-order valence-electron chi connectivity index (χ3n) is 5.18. The van der Waals surface area contributed by atoms with Crippen LogP contribution in [-0.2, 0) is 6.61 Å². The molecule has 4 heteroatoms. The van der Waals surface area contributed by atoms with Crippen molar-refractivity contribution >= 4 is 22.4 Å². The van der Waals surface area contributed by atoms with Gasteiger partial charge in [-0.25, -0.2) is 0 Å². The number of hydrogen-bond acceptors (Lipinski definition) is 4. The first-order valence-corrected chi connectivity index (χ1v) is 10.1. The molecule has 0 heterocycles. The zero-order valence-corrected chi connectivity index (χ0v) is 17.6. The minimum Gasteiger partial charge on any atom is -0.493 e. The average Bonchev–Trinajstić information content (AvgIpc) is 2.86. The topological polar surface area (TPSA) is 66.0 Å². The highest BCUT2D eigenvalue weighted by Gasteiger charge is 2.09. The molecule has 0 bridgehead atoms. The van der Waals surface area contributed by atoms with Gasteiger partial charge in [0.25, 0.3) is 0 Å². The van der Waals surface area contributed by atoms with E-state index in [0.29, 0.717) is 34.8 Å². The van der Waals surface area contributed by atoms with Crippen LogP contribution in [0.5, 0.6) is 11.5 Å². The third kappa shape index (κ3) is 4.46. The molecule has 0 saturated heterocycles. The van der Waals surface area contributed by atoms with E-state index in [1.807, 2.05) is 42.5 Å². The summed E-state index contributed by atoms with van der Waals surface area (Å²) in [6.45, 7) is 0.414. The van der Waals surface area contributed by atoms with E-state index in [-0.39, 0.29) is 0 Å². The van der Waals surface area contributed by atoms with E-state index in [9.17, 15) is 5.26 Å². The van der Waals surface area contributed by atoms with Crippen molar-refractivity contribution < 1.29 is 9.47 Å². The molecule has 4 aromatic rings. The Kier molecular flexibility index (Phi) is 6.16. The van der Waals surface area contributed by atoms with Crippen molar-refractivity contribution in [3.63, 3.8) is 0 Å². The second kappa shape index (κ2) is 9.51. The van der Waals surface area contributed by atoms with Crippen molar-refractivity contribution in [2.75, 3.05) is 7.11 Å². The summed E-state index contributed by atoms with van der Waals surface area (Å²) in [6, 6.07) is 31.2. The molecule has 4 rings (SSSR count). The molecule has 32 heavy (non-hydrogen) atoms. The molecule has 0 aliphatic rings. The molecule has 0 atom stereocenters. The molecule has 0 unspecified atom stereocenters. The van der Waals surface area contributed by atoms with Crippen LogP contribution in [0.4, 0.5) is 0 Å². The molecule has 4 nitrogen and oxygen atoms in total. The summed E-state index contributed by atoms with van der Waals surface area (Å²) in [4.78, 5) is 0. The lowest BCUT2D eigenvalue weighted by Crippen LogP contribution is -1.99. The van der Waals surface area contributed by atoms with E-state index in [2.05, 4.69) is 36.4 Å². The van der Waals surface area contributed by atoms with Gasteiger partial charge in [-0.1, -0.05) is 60.7 Å². The van der Waals surface area contributed by atoms with E-state index in [1.54, 1.807) is 31.4 Å². The number of rotatable bonds is 6. The number of benzene rings is 4.